The van der Waals surface area contributed by atoms with E-state index >= 15 is 0 Å². The van der Waals surface area contributed by atoms with Crippen LogP contribution in [0.4, 0.5) is 13.2 Å². The summed E-state index contributed by atoms with van der Waals surface area (Å²) < 4.78 is 39.5. The van der Waals surface area contributed by atoms with E-state index in [4.69, 9.17) is 0 Å². The summed E-state index contributed by atoms with van der Waals surface area (Å²) in [6, 6.07) is 11.9. The Balaban J connectivity index is 0.000000417. The Hall–Kier alpha value is -2.41. The summed E-state index contributed by atoms with van der Waals surface area (Å²) in [6.07, 6.45) is 4.33. The molecule has 2 aromatic rings. The van der Waals surface area contributed by atoms with Crippen LogP contribution in [-0.4, -0.2) is 46.4 Å². The van der Waals surface area contributed by atoms with Crippen LogP contribution in [0.3, 0.4) is 0 Å². The van der Waals surface area contributed by atoms with E-state index in [0.717, 1.165) is 64.2 Å². The van der Waals surface area contributed by atoms with Gasteiger partial charge >= 0.3 is 6.18 Å². The maximum atomic E-state index is 13.8. The molecule has 2 heterocycles. The molecule has 0 spiro atoms. The second-order valence-electron chi connectivity index (χ2n) is 11.3. The van der Waals surface area contributed by atoms with E-state index in [-0.39, 0.29) is 17.9 Å². The van der Waals surface area contributed by atoms with Crippen molar-refractivity contribution < 1.29 is 18.0 Å². The van der Waals surface area contributed by atoms with Crippen LogP contribution in [0.2, 0.25) is 0 Å². The Morgan fingerprint density at radius 2 is 1.87 bits per heavy atom. The topological polar surface area (TPSA) is 36.4 Å². The van der Waals surface area contributed by atoms with Gasteiger partial charge in [-0.25, -0.2) is 0 Å². The van der Waals surface area contributed by atoms with E-state index in [0.29, 0.717) is 36.2 Å². The fourth-order valence-corrected chi connectivity index (χ4v) is 6.89. The standard InChI is InChI=1S/C24H34F3N3O.C7H8/c1-3-9-29(10-4-2)20-13-18-6-5-8-23(18,14-20)22(31)30-11-7-21-17(16-30)12-19(15-28-21)24(25,26)27;1-7-5-3-2-4-6-7/h12,15,18,20H,3-11,13-14,16H2,1-2H3;2-6H,1H3/t18?,20-,23?;/m0./s1. The number of carbonyl (C=O) groups is 1. The van der Waals surface area contributed by atoms with Crippen LogP contribution in [0.25, 0.3) is 0 Å². The minimum Gasteiger partial charge on any atom is -0.337 e. The minimum absolute atomic E-state index is 0.175. The summed E-state index contributed by atoms with van der Waals surface area (Å²) >= 11 is 0. The molecule has 2 aliphatic carbocycles. The average Bonchev–Trinajstić information content (AvgIpc) is 3.46. The zero-order valence-corrected chi connectivity index (χ0v) is 23.1. The highest BCUT2D eigenvalue weighted by Crippen LogP contribution is 2.56. The number of benzene rings is 1. The third-order valence-corrected chi connectivity index (χ3v) is 8.67. The molecular weight excluding hydrogens is 487 g/mol. The first-order chi connectivity index (χ1) is 18.2. The number of rotatable bonds is 6. The molecule has 0 radical (unpaired) electrons. The zero-order chi connectivity index (χ0) is 27.3. The monoisotopic (exact) mass is 529 g/mol. The molecule has 38 heavy (non-hydrogen) atoms. The van der Waals surface area contributed by atoms with Gasteiger partial charge in [0.05, 0.1) is 11.0 Å². The summed E-state index contributed by atoms with van der Waals surface area (Å²) in [7, 11) is 0. The van der Waals surface area contributed by atoms with Gasteiger partial charge in [-0.2, -0.15) is 13.2 Å². The third kappa shape index (κ3) is 6.24. The second-order valence-corrected chi connectivity index (χ2v) is 11.3. The fraction of sp³-hybridized carbons (Fsp3) is 0.613. The predicted molar refractivity (Wildman–Crippen MR) is 144 cm³/mol. The van der Waals surface area contributed by atoms with Crippen LogP contribution in [0.1, 0.15) is 81.2 Å². The average molecular weight is 530 g/mol. The number of aromatic nitrogens is 1. The van der Waals surface area contributed by atoms with Crippen molar-refractivity contribution in [3.8, 4) is 0 Å². The van der Waals surface area contributed by atoms with Gasteiger partial charge in [0.1, 0.15) is 0 Å². The van der Waals surface area contributed by atoms with Crippen molar-refractivity contribution in [2.24, 2.45) is 11.3 Å². The predicted octanol–water partition coefficient (Wildman–Crippen LogP) is 7.05. The lowest BCUT2D eigenvalue weighted by Crippen LogP contribution is -2.47. The van der Waals surface area contributed by atoms with Gasteiger partial charge in [-0.15, -0.1) is 0 Å². The summed E-state index contributed by atoms with van der Waals surface area (Å²) in [5.41, 5.74) is 1.51. The smallest absolute Gasteiger partial charge is 0.337 e. The Kier molecular flexibility index (Phi) is 9.17. The lowest BCUT2D eigenvalue weighted by molar-refractivity contribution is -0.144. The van der Waals surface area contributed by atoms with Crippen molar-refractivity contribution in [1.82, 2.24) is 14.8 Å². The van der Waals surface area contributed by atoms with Crippen molar-refractivity contribution in [3.05, 3.63) is 65.0 Å². The van der Waals surface area contributed by atoms with Gasteiger partial charge in [-0.3, -0.25) is 9.78 Å². The Bertz CT molecular complexity index is 1070. The summed E-state index contributed by atoms with van der Waals surface area (Å²) in [4.78, 5) is 22.3. The number of nitrogens with zero attached hydrogens (tertiary/aromatic N) is 3. The number of fused-ring (bicyclic) bond motifs is 2. The fourth-order valence-electron chi connectivity index (χ4n) is 6.89. The first-order valence-electron chi connectivity index (χ1n) is 14.3. The number of hydrogen-bond acceptors (Lipinski definition) is 3. The molecule has 3 aliphatic rings. The number of halogens is 3. The first kappa shape index (κ1) is 28.6. The van der Waals surface area contributed by atoms with Crippen LogP contribution in [-0.2, 0) is 23.9 Å². The Morgan fingerprint density at radius 3 is 2.47 bits per heavy atom. The number of carbonyl (C=O) groups excluding carboxylic acids is 1. The molecule has 0 N–H and O–H groups in total. The van der Waals surface area contributed by atoms with E-state index in [1.54, 1.807) is 0 Å². The zero-order valence-electron chi connectivity index (χ0n) is 23.1. The molecule has 1 aromatic carbocycles. The highest BCUT2D eigenvalue weighted by atomic mass is 19.4. The largest absolute Gasteiger partial charge is 0.417 e. The van der Waals surface area contributed by atoms with E-state index in [1.165, 1.54) is 11.6 Å². The molecule has 0 bridgehead atoms. The second kappa shape index (κ2) is 12.2. The van der Waals surface area contributed by atoms with E-state index in [2.05, 4.69) is 42.8 Å². The van der Waals surface area contributed by atoms with E-state index in [9.17, 15) is 18.0 Å². The number of pyridine rings is 1. The molecule has 0 saturated heterocycles. The molecule has 4 nitrogen and oxygen atoms in total. The lowest BCUT2D eigenvalue weighted by atomic mass is 9.78. The molecule has 1 amide bonds. The molecule has 1 aromatic heterocycles. The first-order valence-corrected chi connectivity index (χ1v) is 14.3. The van der Waals surface area contributed by atoms with Crippen LogP contribution >= 0.6 is 0 Å². The molecule has 2 saturated carbocycles. The van der Waals surface area contributed by atoms with E-state index in [1.807, 2.05) is 23.1 Å². The SMILES string of the molecule is CCCN(CCC)[C@H]1CC2CCCC2(C(=O)N2CCc3ncc(C(F)(F)F)cc3C2)C1.Cc1ccccc1. The molecule has 1 aliphatic heterocycles. The van der Waals surface area contributed by atoms with Crippen molar-refractivity contribution in [3.63, 3.8) is 0 Å². The number of alkyl halides is 3. The molecule has 2 unspecified atom stereocenters. The Labute approximate surface area is 225 Å². The Morgan fingerprint density at radius 1 is 1.16 bits per heavy atom. The van der Waals surface area contributed by atoms with Crippen molar-refractivity contribution in [2.45, 2.75) is 90.9 Å². The van der Waals surface area contributed by atoms with Gasteiger partial charge in [0.15, 0.2) is 0 Å². The van der Waals surface area contributed by atoms with Gasteiger partial charge < -0.3 is 9.80 Å². The number of hydrogen-bond donors (Lipinski definition) is 0. The van der Waals surface area contributed by atoms with Gasteiger partial charge in [-0.1, -0.05) is 56.2 Å². The van der Waals surface area contributed by atoms with Gasteiger partial charge in [0.25, 0.3) is 0 Å². The number of aryl methyl sites for hydroxylation is 1. The number of amides is 1. The molecule has 3 atom stereocenters. The van der Waals surface area contributed by atoms with Gasteiger partial charge in [0.2, 0.25) is 5.91 Å². The molecular formula is C31H42F3N3O. The van der Waals surface area contributed by atoms with Crippen LogP contribution in [0.5, 0.6) is 0 Å². The summed E-state index contributed by atoms with van der Waals surface area (Å²) in [6.45, 7) is 9.42. The highest BCUT2D eigenvalue weighted by Gasteiger charge is 2.56. The van der Waals surface area contributed by atoms with Crippen LogP contribution in [0.15, 0.2) is 42.6 Å². The molecule has 2 fully saturated rings. The minimum atomic E-state index is -4.41. The lowest BCUT2D eigenvalue weighted by Gasteiger charge is -2.38. The summed E-state index contributed by atoms with van der Waals surface area (Å²) in [5.74, 6) is 0.579. The third-order valence-electron chi connectivity index (χ3n) is 8.67. The van der Waals surface area contributed by atoms with Crippen molar-refractivity contribution in [2.75, 3.05) is 19.6 Å². The quantitative estimate of drug-likeness (QED) is 0.402. The maximum Gasteiger partial charge on any atom is 0.417 e. The van der Waals surface area contributed by atoms with Crippen molar-refractivity contribution in [1.29, 1.82) is 0 Å². The summed E-state index contributed by atoms with van der Waals surface area (Å²) in [5, 5.41) is 0. The normalized spacial score (nSPS) is 24.6. The highest BCUT2D eigenvalue weighted by molar-refractivity contribution is 5.84. The molecule has 5 rings (SSSR count). The molecule has 7 heteroatoms. The maximum absolute atomic E-state index is 13.8. The van der Waals surface area contributed by atoms with E-state index < -0.39 is 11.7 Å². The molecule has 208 valence electrons. The van der Waals surface area contributed by atoms with Crippen LogP contribution in [0, 0.1) is 18.3 Å². The van der Waals surface area contributed by atoms with Gasteiger partial charge in [-0.05, 0) is 76.1 Å². The van der Waals surface area contributed by atoms with Crippen LogP contribution < -0.4 is 0 Å². The van der Waals surface area contributed by atoms with Crippen molar-refractivity contribution >= 4 is 5.91 Å². The van der Waals surface area contributed by atoms with Gasteiger partial charge in [0, 0.05) is 37.4 Å².